The van der Waals surface area contributed by atoms with Gasteiger partial charge in [0.1, 0.15) is 17.7 Å². The first kappa shape index (κ1) is 48.3. The van der Waals surface area contributed by atoms with Crippen LogP contribution in [0.25, 0.3) is 10.4 Å². The Balaban J connectivity index is 1.41. The van der Waals surface area contributed by atoms with E-state index in [0.717, 1.165) is 36.7 Å². The summed E-state index contributed by atoms with van der Waals surface area (Å²) < 4.78 is 66.2. The summed E-state index contributed by atoms with van der Waals surface area (Å²) in [4.78, 5) is 64.4. The number of azide groups is 1. The number of aryl methyl sites for hydroxylation is 1. The van der Waals surface area contributed by atoms with Gasteiger partial charge in [0.05, 0.1) is 32.0 Å². The molecule has 1 aliphatic heterocycles. The van der Waals surface area contributed by atoms with Crippen LogP contribution in [0.3, 0.4) is 0 Å². The standard InChI is InChI=1S/C39H53N5O14P2/c1-4-6-8-9-10-11-12-14-37(46)56-32-21-17-30(18-22-32)26-54-60(51,53-25-29-15-19-31(20-16-29)55-36(45)13-7-5-2)58-59(49,50)52-27-34-33(42-43-40)23-35(57-34)44-24-28(3)38(47)41-39(44)48/h15-22,24,33-35H,4-14,23,25-27H2,1-3H3,(H,49,50)(H,41,47,48)/t33?,34-,35-,60?/m1/s1. The molecule has 1 saturated heterocycles. The molecule has 0 amide bonds. The number of H-pyrrole nitrogens is 1. The number of nitrogens with one attached hydrogen (secondary N) is 1. The van der Waals surface area contributed by atoms with Gasteiger partial charge < -0.3 is 19.1 Å². The maximum Gasteiger partial charge on any atom is 0.484 e. The van der Waals surface area contributed by atoms with E-state index in [9.17, 15) is 33.2 Å². The lowest BCUT2D eigenvalue weighted by Gasteiger charge is -2.22. The number of hydrogen-bond acceptors (Lipinski definition) is 14. The fourth-order valence-corrected chi connectivity index (χ4v) is 8.55. The lowest BCUT2D eigenvalue weighted by Crippen LogP contribution is -2.33. The number of phosphoric ester groups is 2. The minimum absolute atomic E-state index is 0.0569. The Labute approximate surface area is 347 Å². The number of nitrogens with zero attached hydrogens (tertiary/aromatic N) is 4. The number of ether oxygens (including phenoxy) is 3. The average molecular weight is 878 g/mol. The molecule has 2 heterocycles. The summed E-state index contributed by atoms with van der Waals surface area (Å²) in [5, 5.41) is 3.65. The maximum absolute atomic E-state index is 14.0. The van der Waals surface area contributed by atoms with Crippen molar-refractivity contribution in [1.82, 2.24) is 9.55 Å². The second kappa shape index (κ2) is 24.1. The van der Waals surface area contributed by atoms with Gasteiger partial charge in [0.15, 0.2) is 0 Å². The van der Waals surface area contributed by atoms with Crippen molar-refractivity contribution >= 4 is 27.6 Å². The molecule has 3 aromatic rings. The van der Waals surface area contributed by atoms with Crippen molar-refractivity contribution in [3.8, 4) is 11.5 Å². The Bertz CT molecular complexity index is 2120. The summed E-state index contributed by atoms with van der Waals surface area (Å²) in [5.74, 6) is -0.215. The molecule has 5 atom stereocenters. The average Bonchev–Trinajstić information content (AvgIpc) is 3.62. The van der Waals surface area contributed by atoms with E-state index in [1.165, 1.54) is 80.9 Å². The third kappa shape index (κ3) is 16.2. The van der Waals surface area contributed by atoms with Crippen LogP contribution in [-0.4, -0.2) is 45.1 Å². The molecule has 21 heteroatoms. The zero-order valence-corrected chi connectivity index (χ0v) is 35.8. The second-order valence-corrected chi connectivity index (χ2v) is 17.4. The molecule has 60 heavy (non-hydrogen) atoms. The third-order valence-electron chi connectivity index (χ3n) is 9.27. The first-order chi connectivity index (χ1) is 28.7. The van der Waals surface area contributed by atoms with E-state index >= 15 is 0 Å². The highest BCUT2D eigenvalue weighted by Gasteiger charge is 2.42. The van der Waals surface area contributed by atoms with Gasteiger partial charge in [-0.1, -0.05) is 88.2 Å². The molecular weight excluding hydrogens is 824 g/mol. The van der Waals surface area contributed by atoms with Crippen LogP contribution in [0.4, 0.5) is 0 Å². The van der Waals surface area contributed by atoms with Crippen molar-refractivity contribution in [2.24, 2.45) is 5.11 Å². The van der Waals surface area contributed by atoms with Gasteiger partial charge in [-0.15, -0.1) is 0 Å². The summed E-state index contributed by atoms with van der Waals surface area (Å²) in [7, 11) is -10.3. The Hall–Kier alpha value is -4.41. The van der Waals surface area contributed by atoms with Crippen LogP contribution in [0.15, 0.2) is 69.4 Å². The fourth-order valence-electron chi connectivity index (χ4n) is 5.95. The molecule has 1 aromatic heterocycles. The van der Waals surface area contributed by atoms with Gasteiger partial charge in [-0.25, -0.2) is 13.9 Å². The lowest BCUT2D eigenvalue weighted by atomic mass is 10.1. The van der Waals surface area contributed by atoms with E-state index in [-0.39, 0.29) is 42.3 Å². The molecule has 0 radical (unpaired) electrons. The SMILES string of the molecule is CCCCCCCCCC(=O)Oc1ccc(COP(=O)(OCc2ccc(OC(=O)CCCC)cc2)OP(=O)(O)OC[C@H]2O[C@@H](n3cc(C)c(=O)[nH]c3=O)CC2N=[N+]=[N-])cc1. The number of carbonyl (C=O) groups is 2. The first-order valence-electron chi connectivity index (χ1n) is 19.9. The van der Waals surface area contributed by atoms with Crippen molar-refractivity contribution < 1.29 is 55.7 Å². The van der Waals surface area contributed by atoms with Crippen molar-refractivity contribution in [3.05, 3.63) is 103 Å². The Morgan fingerprint density at radius 1 is 0.850 bits per heavy atom. The first-order valence-corrected chi connectivity index (χ1v) is 22.9. The molecule has 3 unspecified atom stereocenters. The fraction of sp³-hybridized carbons (Fsp3) is 0.538. The largest absolute Gasteiger partial charge is 0.484 e. The van der Waals surface area contributed by atoms with Gasteiger partial charge >= 0.3 is 33.3 Å². The molecule has 0 saturated carbocycles. The van der Waals surface area contributed by atoms with Gasteiger partial charge in [-0.3, -0.25) is 37.5 Å². The van der Waals surface area contributed by atoms with Crippen LogP contribution in [0, 0.1) is 6.92 Å². The summed E-state index contributed by atoms with van der Waals surface area (Å²) >= 11 is 0. The van der Waals surface area contributed by atoms with Crippen LogP contribution in [0.1, 0.15) is 114 Å². The third-order valence-corrected chi connectivity index (χ3v) is 12.3. The van der Waals surface area contributed by atoms with Crippen molar-refractivity contribution in [2.75, 3.05) is 6.61 Å². The minimum atomic E-state index is -5.31. The smallest absolute Gasteiger partial charge is 0.427 e. The Morgan fingerprint density at radius 2 is 1.38 bits per heavy atom. The molecule has 0 aliphatic carbocycles. The molecule has 1 aliphatic rings. The van der Waals surface area contributed by atoms with E-state index in [2.05, 4.69) is 21.9 Å². The number of rotatable bonds is 26. The Morgan fingerprint density at radius 3 is 1.93 bits per heavy atom. The predicted octanol–water partition coefficient (Wildman–Crippen LogP) is 8.63. The molecule has 0 spiro atoms. The molecular formula is C39H53N5O14P2. The van der Waals surface area contributed by atoms with E-state index in [4.69, 9.17) is 37.6 Å². The van der Waals surface area contributed by atoms with Crippen molar-refractivity contribution in [1.29, 1.82) is 0 Å². The van der Waals surface area contributed by atoms with Crippen LogP contribution < -0.4 is 20.7 Å². The zero-order chi connectivity index (χ0) is 43.5. The van der Waals surface area contributed by atoms with Gasteiger partial charge in [0, 0.05) is 35.9 Å². The topological polar surface area (TPSA) is 257 Å². The number of phosphoric acid groups is 2. The highest BCUT2D eigenvalue weighted by molar-refractivity contribution is 7.61. The predicted molar refractivity (Wildman–Crippen MR) is 218 cm³/mol. The monoisotopic (exact) mass is 877 g/mol. The van der Waals surface area contributed by atoms with Crippen LogP contribution >= 0.6 is 15.6 Å². The van der Waals surface area contributed by atoms with Gasteiger partial charge in [0.25, 0.3) is 5.56 Å². The molecule has 4 rings (SSSR count). The van der Waals surface area contributed by atoms with E-state index in [1.54, 1.807) is 0 Å². The zero-order valence-electron chi connectivity index (χ0n) is 34.0. The summed E-state index contributed by atoms with van der Waals surface area (Å²) in [6, 6.07) is 11.2. The molecule has 2 N–H and O–H groups in total. The number of unbranched alkanes of at least 4 members (excludes halogenated alkanes) is 7. The number of aromatic nitrogens is 2. The number of esters is 2. The molecule has 2 aromatic carbocycles. The molecule has 1 fully saturated rings. The highest BCUT2D eigenvalue weighted by atomic mass is 31.3. The lowest BCUT2D eigenvalue weighted by molar-refractivity contribution is -0.135. The normalized spacial score (nSPS) is 18.2. The van der Waals surface area contributed by atoms with E-state index in [0.29, 0.717) is 17.5 Å². The van der Waals surface area contributed by atoms with Crippen molar-refractivity contribution in [2.45, 2.75) is 129 Å². The highest BCUT2D eigenvalue weighted by Crippen LogP contribution is 2.64. The van der Waals surface area contributed by atoms with Crippen LogP contribution in [0.2, 0.25) is 0 Å². The van der Waals surface area contributed by atoms with Gasteiger partial charge in [-0.05, 0) is 60.7 Å². The quantitative estimate of drug-likeness (QED) is 0.0146. The van der Waals surface area contributed by atoms with E-state index in [1.807, 2.05) is 6.92 Å². The number of hydrogen-bond donors (Lipinski definition) is 2. The number of carbonyl (C=O) groups excluding carboxylic acids is 2. The van der Waals surface area contributed by atoms with Crippen LogP contribution in [0.5, 0.6) is 11.5 Å². The second-order valence-electron chi connectivity index (χ2n) is 14.2. The summed E-state index contributed by atoms with van der Waals surface area (Å²) in [6.45, 7) is 3.95. The van der Waals surface area contributed by atoms with Gasteiger partial charge in [-0.2, -0.15) is 4.31 Å². The molecule has 0 bridgehead atoms. The molecule has 19 nitrogen and oxygen atoms in total. The van der Waals surface area contributed by atoms with Gasteiger partial charge in [0.2, 0.25) is 0 Å². The maximum atomic E-state index is 14.0. The minimum Gasteiger partial charge on any atom is -0.427 e. The Kier molecular flexibility index (Phi) is 19.4. The number of aromatic amines is 1. The van der Waals surface area contributed by atoms with E-state index < -0.39 is 71.1 Å². The molecule has 328 valence electrons. The summed E-state index contributed by atoms with van der Waals surface area (Å²) in [5.41, 5.74) is 8.77. The van der Waals surface area contributed by atoms with Crippen molar-refractivity contribution in [3.63, 3.8) is 0 Å². The van der Waals surface area contributed by atoms with Crippen LogP contribution in [-0.2, 0) is 54.6 Å². The summed E-state index contributed by atoms with van der Waals surface area (Å²) in [6.07, 6.45) is 8.45. The number of benzene rings is 2.